The van der Waals surface area contributed by atoms with Crippen LogP contribution in [0.2, 0.25) is 10.0 Å². The van der Waals surface area contributed by atoms with Gasteiger partial charge in [0.15, 0.2) is 0 Å². The number of carbonyl (C=O) groups excluding carboxylic acids is 1. The van der Waals surface area contributed by atoms with E-state index in [-0.39, 0.29) is 12.5 Å². The van der Waals surface area contributed by atoms with Crippen molar-refractivity contribution in [3.8, 4) is 0 Å². The maximum Gasteiger partial charge on any atom is 0.267 e. The number of benzene rings is 1. The molecule has 0 aliphatic heterocycles. The van der Waals surface area contributed by atoms with Gasteiger partial charge in [-0.1, -0.05) is 23.2 Å². The number of methoxy groups -OCH3 is 1. The summed E-state index contributed by atoms with van der Waals surface area (Å²) in [6.07, 6.45) is 2.87. The normalized spacial score (nSPS) is 10.8. The molecule has 0 spiro atoms. The van der Waals surface area contributed by atoms with Gasteiger partial charge in [0, 0.05) is 23.2 Å². The molecule has 1 rings (SSSR count). The van der Waals surface area contributed by atoms with Crippen molar-refractivity contribution in [1.29, 1.82) is 0 Å². The Kier molecular flexibility index (Phi) is 6.75. The van der Waals surface area contributed by atoms with E-state index in [0.717, 1.165) is 0 Å². The first-order valence-electron chi connectivity index (χ1n) is 5.17. The van der Waals surface area contributed by atoms with Crippen molar-refractivity contribution in [3.05, 3.63) is 39.9 Å². The number of rotatable bonds is 6. The summed E-state index contributed by atoms with van der Waals surface area (Å²) < 4.78 is 4.76. The summed E-state index contributed by atoms with van der Waals surface area (Å²) >= 11 is 11.8. The van der Waals surface area contributed by atoms with Gasteiger partial charge in [-0.25, -0.2) is 5.48 Å². The number of hydrogen-bond acceptors (Lipinski definition) is 3. The highest BCUT2D eigenvalue weighted by molar-refractivity contribution is 6.34. The van der Waals surface area contributed by atoms with E-state index in [1.54, 1.807) is 31.4 Å². The van der Waals surface area contributed by atoms with Crippen molar-refractivity contribution in [3.63, 3.8) is 0 Å². The number of ether oxygens (including phenoxy) is 1. The Bertz CT molecular complexity index is 435. The number of hydrogen-bond donors (Lipinski definition) is 1. The van der Waals surface area contributed by atoms with Crippen LogP contribution in [-0.2, 0) is 14.4 Å². The van der Waals surface area contributed by atoms with Crippen LogP contribution >= 0.6 is 23.2 Å². The van der Waals surface area contributed by atoms with Crippen LogP contribution in [0.4, 0.5) is 0 Å². The lowest BCUT2D eigenvalue weighted by Crippen LogP contribution is -2.23. The van der Waals surface area contributed by atoms with Gasteiger partial charge in [0.1, 0.15) is 0 Å². The molecule has 0 unspecified atom stereocenters. The third-order valence-electron chi connectivity index (χ3n) is 1.93. The quantitative estimate of drug-likeness (QED) is 0.498. The van der Waals surface area contributed by atoms with Crippen LogP contribution in [0.3, 0.4) is 0 Å². The van der Waals surface area contributed by atoms with Crippen molar-refractivity contribution in [2.45, 2.75) is 0 Å². The molecular weight excluding hydrogens is 277 g/mol. The van der Waals surface area contributed by atoms with Crippen molar-refractivity contribution < 1.29 is 14.4 Å². The van der Waals surface area contributed by atoms with E-state index in [2.05, 4.69) is 5.48 Å². The Labute approximate surface area is 115 Å². The fourth-order valence-corrected chi connectivity index (χ4v) is 1.45. The van der Waals surface area contributed by atoms with Gasteiger partial charge in [-0.15, -0.1) is 0 Å². The van der Waals surface area contributed by atoms with E-state index in [1.807, 2.05) is 0 Å². The average molecular weight is 290 g/mol. The first-order valence-corrected chi connectivity index (χ1v) is 5.93. The van der Waals surface area contributed by atoms with Gasteiger partial charge < -0.3 is 4.74 Å². The maximum absolute atomic E-state index is 11.3. The Hall–Kier alpha value is -1.07. The van der Waals surface area contributed by atoms with Crippen LogP contribution in [0.5, 0.6) is 0 Å². The highest BCUT2D eigenvalue weighted by Crippen LogP contribution is 2.21. The van der Waals surface area contributed by atoms with Crippen LogP contribution in [-0.4, -0.2) is 26.2 Å². The SMILES string of the molecule is COCCONC(=O)/C=C/c1cc(Cl)ccc1Cl. The summed E-state index contributed by atoms with van der Waals surface area (Å²) in [6, 6.07) is 5.01. The molecule has 0 atom stereocenters. The Morgan fingerprint density at radius 3 is 2.89 bits per heavy atom. The molecule has 0 aliphatic rings. The molecule has 18 heavy (non-hydrogen) atoms. The zero-order valence-corrected chi connectivity index (χ0v) is 11.3. The van der Waals surface area contributed by atoms with Crippen LogP contribution in [0.1, 0.15) is 5.56 Å². The Morgan fingerprint density at radius 2 is 2.17 bits per heavy atom. The second kappa shape index (κ2) is 8.11. The molecule has 0 saturated heterocycles. The maximum atomic E-state index is 11.3. The molecular formula is C12H13Cl2NO3. The number of hydroxylamine groups is 1. The highest BCUT2D eigenvalue weighted by atomic mass is 35.5. The highest BCUT2D eigenvalue weighted by Gasteiger charge is 1.99. The lowest BCUT2D eigenvalue weighted by Gasteiger charge is -2.02. The molecule has 0 aromatic heterocycles. The summed E-state index contributed by atoms with van der Waals surface area (Å²) in [5.41, 5.74) is 2.90. The summed E-state index contributed by atoms with van der Waals surface area (Å²) in [7, 11) is 1.55. The first-order chi connectivity index (χ1) is 8.63. The van der Waals surface area contributed by atoms with E-state index in [4.69, 9.17) is 32.8 Å². The van der Waals surface area contributed by atoms with Gasteiger partial charge in [-0.3, -0.25) is 9.63 Å². The lowest BCUT2D eigenvalue weighted by atomic mass is 10.2. The molecule has 0 saturated carbocycles. The zero-order valence-electron chi connectivity index (χ0n) is 9.78. The lowest BCUT2D eigenvalue weighted by molar-refractivity contribution is -0.129. The van der Waals surface area contributed by atoms with Crippen LogP contribution in [0, 0.1) is 0 Å². The van der Waals surface area contributed by atoms with Crippen molar-refractivity contribution >= 4 is 35.2 Å². The summed E-state index contributed by atoms with van der Waals surface area (Å²) in [6.45, 7) is 0.693. The van der Waals surface area contributed by atoms with E-state index >= 15 is 0 Å². The van der Waals surface area contributed by atoms with Crippen molar-refractivity contribution in [2.24, 2.45) is 0 Å². The molecule has 1 aromatic carbocycles. The second-order valence-electron chi connectivity index (χ2n) is 3.31. The molecule has 1 amide bonds. The number of halogens is 2. The van der Waals surface area contributed by atoms with E-state index < -0.39 is 0 Å². The van der Waals surface area contributed by atoms with Crippen LogP contribution in [0.25, 0.3) is 6.08 Å². The Morgan fingerprint density at radius 1 is 1.39 bits per heavy atom. The fraction of sp³-hybridized carbons (Fsp3) is 0.250. The molecule has 4 nitrogen and oxygen atoms in total. The van der Waals surface area contributed by atoms with Crippen molar-refractivity contribution in [2.75, 3.05) is 20.3 Å². The molecule has 1 N–H and O–H groups in total. The van der Waals surface area contributed by atoms with Gasteiger partial charge in [0.2, 0.25) is 0 Å². The molecule has 1 aromatic rings. The molecule has 0 bridgehead atoms. The molecule has 6 heteroatoms. The first kappa shape index (κ1) is 15.0. The van der Waals surface area contributed by atoms with Gasteiger partial charge >= 0.3 is 0 Å². The Balaban J connectivity index is 2.48. The van der Waals surface area contributed by atoms with Crippen LogP contribution in [0.15, 0.2) is 24.3 Å². The molecule has 0 heterocycles. The van der Waals surface area contributed by atoms with Crippen molar-refractivity contribution in [1.82, 2.24) is 5.48 Å². The molecule has 0 aliphatic carbocycles. The summed E-state index contributed by atoms with van der Waals surface area (Å²) in [5.74, 6) is -0.387. The minimum atomic E-state index is -0.387. The molecule has 0 radical (unpaired) electrons. The minimum Gasteiger partial charge on any atom is -0.382 e. The van der Waals surface area contributed by atoms with Gasteiger partial charge in [0.25, 0.3) is 5.91 Å². The largest absolute Gasteiger partial charge is 0.382 e. The summed E-state index contributed by atoms with van der Waals surface area (Å²) in [5, 5.41) is 1.07. The molecule has 98 valence electrons. The fourth-order valence-electron chi connectivity index (χ4n) is 1.09. The predicted molar refractivity (Wildman–Crippen MR) is 71.5 cm³/mol. The number of nitrogens with one attached hydrogen (secondary N) is 1. The summed E-state index contributed by atoms with van der Waals surface area (Å²) in [4.78, 5) is 16.2. The second-order valence-corrected chi connectivity index (χ2v) is 4.15. The minimum absolute atomic E-state index is 0.286. The zero-order chi connectivity index (χ0) is 13.4. The third-order valence-corrected chi connectivity index (χ3v) is 2.51. The topological polar surface area (TPSA) is 47.6 Å². The van der Waals surface area contributed by atoms with Gasteiger partial charge in [0.05, 0.1) is 13.2 Å². The smallest absolute Gasteiger partial charge is 0.267 e. The third kappa shape index (κ3) is 5.51. The monoisotopic (exact) mass is 289 g/mol. The standard InChI is InChI=1S/C12H13Cl2NO3/c1-17-6-7-18-15-12(16)5-2-9-8-10(13)3-4-11(9)14/h2-5,8H,6-7H2,1H3,(H,15,16)/b5-2+. The van der Waals surface area contributed by atoms with Gasteiger partial charge in [-0.2, -0.15) is 0 Å². The number of amides is 1. The van der Waals surface area contributed by atoms with E-state index in [1.165, 1.54) is 6.08 Å². The van der Waals surface area contributed by atoms with Gasteiger partial charge in [-0.05, 0) is 29.8 Å². The van der Waals surface area contributed by atoms with Crippen LogP contribution < -0.4 is 5.48 Å². The molecule has 0 fully saturated rings. The predicted octanol–water partition coefficient (Wildman–Crippen LogP) is 2.70. The van der Waals surface area contributed by atoms with E-state index in [0.29, 0.717) is 22.2 Å². The number of carbonyl (C=O) groups is 1. The van der Waals surface area contributed by atoms with E-state index in [9.17, 15) is 4.79 Å². The average Bonchev–Trinajstić information content (AvgIpc) is 2.36.